The molecule has 0 aliphatic heterocycles. The van der Waals surface area contributed by atoms with E-state index in [9.17, 15) is 4.79 Å². The third-order valence-corrected chi connectivity index (χ3v) is 5.84. The summed E-state index contributed by atoms with van der Waals surface area (Å²) in [6.07, 6.45) is 5.40. The van der Waals surface area contributed by atoms with Gasteiger partial charge in [0.1, 0.15) is 0 Å². The zero-order valence-electron chi connectivity index (χ0n) is 17.9. The fourth-order valence-corrected chi connectivity index (χ4v) is 4.22. The maximum Gasteiger partial charge on any atom is 0.328 e. The van der Waals surface area contributed by atoms with E-state index in [-0.39, 0.29) is 0 Å². The smallest absolute Gasteiger partial charge is 0.328 e. The molecule has 0 bridgehead atoms. The van der Waals surface area contributed by atoms with Gasteiger partial charge < -0.3 is 5.11 Å². The molecule has 0 saturated heterocycles. The van der Waals surface area contributed by atoms with Crippen molar-refractivity contribution in [2.75, 3.05) is 0 Å². The molecule has 0 radical (unpaired) electrons. The summed E-state index contributed by atoms with van der Waals surface area (Å²) in [5.74, 6) is -0.966. The lowest BCUT2D eigenvalue weighted by molar-refractivity contribution is -0.131. The van der Waals surface area contributed by atoms with Crippen LogP contribution in [0.1, 0.15) is 35.6 Å². The lowest BCUT2D eigenvalue weighted by Crippen LogP contribution is -1.96. The zero-order valence-corrected chi connectivity index (χ0v) is 18.7. The topological polar surface area (TPSA) is 55.1 Å². The van der Waals surface area contributed by atoms with Gasteiger partial charge >= 0.3 is 5.97 Å². The minimum atomic E-state index is -0.966. The number of allylic oxidation sites excluding steroid dienone is 1. The van der Waals surface area contributed by atoms with Gasteiger partial charge in [0.05, 0.1) is 11.7 Å². The van der Waals surface area contributed by atoms with Crippen LogP contribution in [0.15, 0.2) is 79.0 Å². The minimum Gasteiger partial charge on any atom is -0.478 e. The molecular formula is C27H23ClN2O2. The van der Waals surface area contributed by atoms with Crippen LogP contribution >= 0.6 is 11.6 Å². The number of fused-ring (bicyclic) bond motifs is 1. The highest BCUT2D eigenvalue weighted by Crippen LogP contribution is 2.38. The summed E-state index contributed by atoms with van der Waals surface area (Å²) in [5, 5.41) is 15.1. The van der Waals surface area contributed by atoms with Crippen molar-refractivity contribution in [2.45, 2.75) is 13.3 Å². The molecule has 5 heteroatoms. The molecule has 1 N–H and O–H groups in total. The van der Waals surface area contributed by atoms with Crippen molar-refractivity contribution in [3.05, 3.63) is 106 Å². The van der Waals surface area contributed by atoms with E-state index in [1.54, 1.807) is 6.08 Å². The van der Waals surface area contributed by atoms with E-state index in [2.05, 4.69) is 30.2 Å². The maximum absolute atomic E-state index is 10.8. The maximum atomic E-state index is 10.8. The number of benzene rings is 3. The Morgan fingerprint density at radius 2 is 1.78 bits per heavy atom. The Bertz CT molecular complexity index is 1350. The van der Waals surface area contributed by atoms with Crippen molar-refractivity contribution in [3.63, 3.8) is 0 Å². The van der Waals surface area contributed by atoms with Crippen LogP contribution in [0.2, 0.25) is 5.02 Å². The first kappa shape index (κ1) is 21.6. The number of aliphatic carboxylic acids is 1. The minimum absolute atomic E-state index is 0.713. The first-order valence-electron chi connectivity index (χ1n) is 10.4. The molecule has 0 amide bonds. The Balaban J connectivity index is 1.93. The standard InChI is InChI=1S/C27H23ClN2O2/c1-3-22(23-6-4-5-7-24(23)28)27(19-11-8-18(9-12-19)10-15-26(31)32)20-13-14-25-21(16-20)17-29-30(25)2/h4-17H,3H2,1-2H3,(H,31,32). The molecule has 0 unspecified atom stereocenters. The number of carboxylic acids is 1. The third-order valence-electron chi connectivity index (χ3n) is 5.51. The Labute approximate surface area is 192 Å². The van der Waals surface area contributed by atoms with Gasteiger partial charge in [-0.25, -0.2) is 4.79 Å². The molecule has 0 aliphatic rings. The molecule has 4 nitrogen and oxygen atoms in total. The van der Waals surface area contributed by atoms with Gasteiger partial charge in [0.15, 0.2) is 0 Å². The molecular weight excluding hydrogens is 420 g/mol. The number of hydrogen-bond donors (Lipinski definition) is 1. The van der Waals surface area contributed by atoms with Crippen LogP contribution in [0.4, 0.5) is 0 Å². The number of aryl methyl sites for hydroxylation is 1. The fraction of sp³-hybridized carbons (Fsp3) is 0.111. The molecule has 0 fully saturated rings. The fourth-order valence-electron chi connectivity index (χ4n) is 3.97. The van der Waals surface area contributed by atoms with Gasteiger partial charge in [-0.2, -0.15) is 5.10 Å². The van der Waals surface area contributed by atoms with Crippen molar-refractivity contribution in [2.24, 2.45) is 7.05 Å². The Kier molecular flexibility index (Phi) is 6.24. The van der Waals surface area contributed by atoms with Gasteiger partial charge in [0.2, 0.25) is 0 Å². The number of hydrogen-bond acceptors (Lipinski definition) is 2. The molecule has 4 rings (SSSR count). The highest BCUT2D eigenvalue weighted by atomic mass is 35.5. The molecule has 0 spiro atoms. The van der Waals surface area contributed by atoms with Gasteiger partial charge in [-0.05, 0) is 64.1 Å². The Morgan fingerprint density at radius 3 is 2.47 bits per heavy atom. The summed E-state index contributed by atoms with van der Waals surface area (Å²) >= 11 is 6.60. The molecule has 0 saturated carbocycles. The number of carbonyl (C=O) groups is 1. The Morgan fingerprint density at radius 1 is 1.06 bits per heavy atom. The van der Waals surface area contributed by atoms with Crippen LogP contribution in [0.5, 0.6) is 0 Å². The lowest BCUT2D eigenvalue weighted by atomic mass is 9.87. The molecule has 1 aromatic heterocycles. The molecule has 0 aliphatic carbocycles. The average molecular weight is 443 g/mol. The number of nitrogens with zero attached hydrogens (tertiary/aromatic N) is 2. The van der Waals surface area contributed by atoms with E-state index in [1.807, 2.05) is 66.5 Å². The van der Waals surface area contributed by atoms with Crippen molar-refractivity contribution in [1.82, 2.24) is 9.78 Å². The number of carboxylic acid groups (broad SMARTS) is 1. The summed E-state index contributed by atoms with van der Waals surface area (Å²) in [4.78, 5) is 10.8. The van der Waals surface area contributed by atoms with Gasteiger partial charge in [-0.15, -0.1) is 0 Å². The van der Waals surface area contributed by atoms with E-state index in [0.29, 0.717) is 5.02 Å². The van der Waals surface area contributed by atoms with Gasteiger partial charge in [-0.3, -0.25) is 4.68 Å². The van der Waals surface area contributed by atoms with E-state index in [4.69, 9.17) is 16.7 Å². The summed E-state index contributed by atoms with van der Waals surface area (Å²) < 4.78 is 1.86. The van der Waals surface area contributed by atoms with Crippen molar-refractivity contribution in [3.8, 4) is 0 Å². The van der Waals surface area contributed by atoms with Crippen LogP contribution in [0.3, 0.4) is 0 Å². The molecule has 4 aromatic rings. The van der Waals surface area contributed by atoms with E-state index in [0.717, 1.165) is 56.8 Å². The predicted molar refractivity (Wildman–Crippen MR) is 131 cm³/mol. The van der Waals surface area contributed by atoms with Crippen molar-refractivity contribution < 1.29 is 9.90 Å². The number of halogens is 1. The molecule has 160 valence electrons. The van der Waals surface area contributed by atoms with Crippen LogP contribution in [-0.2, 0) is 11.8 Å². The van der Waals surface area contributed by atoms with Crippen molar-refractivity contribution in [1.29, 1.82) is 0 Å². The van der Waals surface area contributed by atoms with E-state index < -0.39 is 5.97 Å². The first-order chi connectivity index (χ1) is 15.5. The van der Waals surface area contributed by atoms with Gasteiger partial charge in [0, 0.05) is 23.5 Å². The quantitative estimate of drug-likeness (QED) is 0.267. The molecule has 0 atom stereocenters. The second-order valence-electron chi connectivity index (χ2n) is 7.52. The highest BCUT2D eigenvalue weighted by molar-refractivity contribution is 6.32. The van der Waals surface area contributed by atoms with Crippen LogP contribution in [0.25, 0.3) is 28.1 Å². The summed E-state index contributed by atoms with van der Waals surface area (Å²) in [6, 6.07) is 22.2. The van der Waals surface area contributed by atoms with E-state index in [1.165, 1.54) is 0 Å². The van der Waals surface area contributed by atoms with Crippen molar-refractivity contribution >= 4 is 45.7 Å². The number of rotatable bonds is 6. The average Bonchev–Trinajstić information content (AvgIpc) is 3.17. The monoisotopic (exact) mass is 442 g/mol. The summed E-state index contributed by atoms with van der Waals surface area (Å²) in [6.45, 7) is 2.13. The molecule has 32 heavy (non-hydrogen) atoms. The zero-order chi connectivity index (χ0) is 22.7. The summed E-state index contributed by atoms with van der Waals surface area (Å²) in [7, 11) is 1.93. The Hall–Kier alpha value is -3.63. The highest BCUT2D eigenvalue weighted by Gasteiger charge is 2.16. The first-order valence-corrected chi connectivity index (χ1v) is 10.8. The predicted octanol–water partition coefficient (Wildman–Crippen LogP) is 6.69. The molecule has 1 heterocycles. The molecule has 3 aromatic carbocycles. The third kappa shape index (κ3) is 4.36. The van der Waals surface area contributed by atoms with Crippen LogP contribution < -0.4 is 0 Å². The second-order valence-corrected chi connectivity index (χ2v) is 7.93. The summed E-state index contributed by atoms with van der Waals surface area (Å²) in [5.41, 5.74) is 7.27. The SMILES string of the molecule is CCC(=C(c1ccc(C=CC(=O)O)cc1)c1ccc2c(cnn2C)c1)c1ccccc1Cl. The van der Waals surface area contributed by atoms with Crippen LogP contribution in [0, 0.1) is 0 Å². The van der Waals surface area contributed by atoms with Gasteiger partial charge in [-0.1, -0.05) is 67.1 Å². The lowest BCUT2D eigenvalue weighted by Gasteiger charge is -2.17. The number of aromatic nitrogens is 2. The van der Waals surface area contributed by atoms with Gasteiger partial charge in [0.25, 0.3) is 0 Å². The van der Waals surface area contributed by atoms with E-state index >= 15 is 0 Å². The normalized spacial score (nSPS) is 12.3. The largest absolute Gasteiger partial charge is 0.478 e. The second kappa shape index (κ2) is 9.25. The van der Waals surface area contributed by atoms with Crippen LogP contribution in [-0.4, -0.2) is 20.9 Å².